The Morgan fingerprint density at radius 2 is 1.75 bits per heavy atom. The number of nitrogens with one attached hydrogen (secondary N) is 2. The molecule has 0 unspecified atom stereocenters. The predicted molar refractivity (Wildman–Crippen MR) is 161 cm³/mol. The largest absolute Gasteiger partial charge is 0.491 e. The number of nitriles is 1. The highest BCUT2D eigenvalue weighted by Crippen LogP contribution is 2.24. The van der Waals surface area contributed by atoms with E-state index in [1.54, 1.807) is 41.3 Å². The number of amides is 3. The lowest BCUT2D eigenvalue weighted by Crippen LogP contribution is -2.44. The fourth-order valence-corrected chi connectivity index (χ4v) is 4.24. The fourth-order valence-electron chi connectivity index (χ4n) is 4.24. The van der Waals surface area contributed by atoms with E-state index >= 15 is 0 Å². The first-order valence-corrected chi connectivity index (χ1v) is 14.2. The molecular weight excluding hydrogens is 568 g/mol. The van der Waals surface area contributed by atoms with Crippen molar-refractivity contribution in [3.63, 3.8) is 0 Å². The van der Waals surface area contributed by atoms with Gasteiger partial charge in [0, 0.05) is 44.0 Å². The average molecular weight is 607 g/mol. The van der Waals surface area contributed by atoms with Gasteiger partial charge in [0.2, 0.25) is 5.91 Å². The first-order valence-electron chi connectivity index (χ1n) is 14.2. The van der Waals surface area contributed by atoms with Crippen LogP contribution < -0.4 is 20.1 Å². The summed E-state index contributed by atoms with van der Waals surface area (Å²) in [6.07, 6.45) is 2.36. The number of carbonyl (C=O) groups excluding carboxylic acids is 4. The van der Waals surface area contributed by atoms with Crippen LogP contribution in [0.1, 0.15) is 62.0 Å². The maximum Gasteiger partial charge on any atom is 0.410 e. The molecule has 44 heavy (non-hydrogen) atoms. The van der Waals surface area contributed by atoms with Gasteiger partial charge >= 0.3 is 12.1 Å². The average Bonchev–Trinajstić information content (AvgIpc) is 2.98. The monoisotopic (exact) mass is 606 g/mol. The number of benzene rings is 2. The van der Waals surface area contributed by atoms with Crippen molar-refractivity contribution in [1.29, 1.82) is 5.26 Å². The Balaban J connectivity index is 1.51. The van der Waals surface area contributed by atoms with E-state index in [0.29, 0.717) is 48.4 Å². The molecule has 1 aliphatic heterocycles. The van der Waals surface area contributed by atoms with Crippen LogP contribution in [0.25, 0.3) is 6.08 Å². The third-order valence-corrected chi connectivity index (χ3v) is 6.32. The molecule has 12 nitrogen and oxygen atoms in total. The molecule has 0 aromatic heterocycles. The van der Waals surface area contributed by atoms with E-state index in [-0.39, 0.29) is 42.7 Å². The van der Waals surface area contributed by atoms with E-state index < -0.39 is 17.5 Å². The van der Waals surface area contributed by atoms with Gasteiger partial charge in [-0.3, -0.25) is 9.59 Å². The van der Waals surface area contributed by atoms with Gasteiger partial charge in [0.15, 0.2) is 0 Å². The second kappa shape index (κ2) is 15.4. The van der Waals surface area contributed by atoms with Crippen LogP contribution in [0.4, 0.5) is 4.79 Å². The number of likely N-dealkylation sites (tertiary alicyclic amines) is 1. The highest BCUT2D eigenvalue weighted by Gasteiger charge is 2.27. The Hall–Kier alpha value is -5.05. The summed E-state index contributed by atoms with van der Waals surface area (Å²) in [6, 6.07) is 13.4. The quantitative estimate of drug-likeness (QED) is 0.233. The SMILES string of the molecule is COC(=O)/C(=C/c1ccc(C#N)cc1OCCNC(=O)c1ccc(OC2CCN(C(=O)OC(C)(C)C)CC2)cc1)NC(C)=O. The first kappa shape index (κ1) is 33.5. The van der Waals surface area contributed by atoms with Crippen LogP contribution in [0.2, 0.25) is 0 Å². The van der Waals surface area contributed by atoms with Gasteiger partial charge in [0.1, 0.15) is 35.5 Å². The van der Waals surface area contributed by atoms with E-state index in [1.165, 1.54) is 26.2 Å². The normalized spacial score (nSPS) is 13.7. The van der Waals surface area contributed by atoms with Gasteiger partial charge in [-0.15, -0.1) is 0 Å². The Morgan fingerprint density at radius 3 is 2.34 bits per heavy atom. The molecule has 0 bridgehead atoms. The van der Waals surface area contributed by atoms with Gasteiger partial charge in [-0.05, 0) is 69.3 Å². The lowest BCUT2D eigenvalue weighted by molar-refractivity contribution is -0.137. The first-order chi connectivity index (χ1) is 20.9. The molecular formula is C32H38N4O8. The number of hydrogen-bond acceptors (Lipinski definition) is 9. The number of hydrogen-bond donors (Lipinski definition) is 2. The summed E-state index contributed by atoms with van der Waals surface area (Å²) in [5, 5.41) is 14.5. The predicted octanol–water partition coefficient (Wildman–Crippen LogP) is 3.80. The standard InChI is InChI=1S/C32H38N4O8/c1-21(37)35-27(30(39)41-5)19-24-7-6-22(20-33)18-28(24)42-17-14-34-29(38)23-8-10-25(11-9-23)43-26-12-15-36(16-13-26)31(40)44-32(2,3)4/h6-11,18-19,26H,12-17H2,1-5H3,(H,34,38)(H,35,37)/b27-19-. The van der Waals surface area contributed by atoms with E-state index in [1.807, 2.05) is 26.8 Å². The number of rotatable bonds is 10. The van der Waals surface area contributed by atoms with E-state index in [4.69, 9.17) is 18.9 Å². The molecule has 1 saturated heterocycles. The van der Waals surface area contributed by atoms with Gasteiger partial charge in [-0.2, -0.15) is 5.26 Å². The second-order valence-electron chi connectivity index (χ2n) is 11.0. The number of methoxy groups -OCH3 is 1. The van der Waals surface area contributed by atoms with Gasteiger partial charge in [0.25, 0.3) is 5.91 Å². The van der Waals surface area contributed by atoms with Crippen LogP contribution in [0.3, 0.4) is 0 Å². The highest BCUT2D eigenvalue weighted by molar-refractivity contribution is 5.98. The van der Waals surface area contributed by atoms with Crippen molar-refractivity contribution < 1.29 is 38.1 Å². The van der Waals surface area contributed by atoms with Crippen LogP contribution in [-0.4, -0.2) is 73.8 Å². The molecule has 12 heteroatoms. The number of piperidine rings is 1. The molecule has 0 radical (unpaired) electrons. The zero-order valence-electron chi connectivity index (χ0n) is 25.6. The zero-order chi connectivity index (χ0) is 32.3. The molecule has 3 rings (SSSR count). The van der Waals surface area contributed by atoms with Gasteiger partial charge in [0.05, 0.1) is 25.3 Å². The lowest BCUT2D eigenvalue weighted by Gasteiger charge is -2.33. The fraction of sp³-hybridized carbons (Fsp3) is 0.406. The molecule has 2 aromatic carbocycles. The van der Waals surface area contributed by atoms with Gasteiger partial charge < -0.3 is 34.5 Å². The minimum atomic E-state index is -0.747. The smallest absolute Gasteiger partial charge is 0.410 e. The minimum absolute atomic E-state index is 0.0493. The maximum absolute atomic E-state index is 12.7. The van der Waals surface area contributed by atoms with Crippen LogP contribution >= 0.6 is 0 Å². The molecule has 0 atom stereocenters. The Kier molecular flexibility index (Phi) is 11.7. The van der Waals surface area contributed by atoms with Crippen LogP contribution in [-0.2, 0) is 19.1 Å². The molecule has 1 heterocycles. The molecule has 1 aliphatic rings. The van der Waals surface area contributed by atoms with Crippen molar-refractivity contribution in [1.82, 2.24) is 15.5 Å². The summed E-state index contributed by atoms with van der Waals surface area (Å²) in [6.45, 7) is 8.09. The molecule has 0 spiro atoms. The second-order valence-corrected chi connectivity index (χ2v) is 11.0. The maximum atomic E-state index is 12.7. The third-order valence-electron chi connectivity index (χ3n) is 6.32. The Labute approximate surface area is 256 Å². The molecule has 0 saturated carbocycles. The lowest BCUT2D eigenvalue weighted by atomic mass is 10.1. The summed E-state index contributed by atoms with van der Waals surface area (Å²) in [4.78, 5) is 50.2. The van der Waals surface area contributed by atoms with E-state index in [9.17, 15) is 24.4 Å². The van der Waals surface area contributed by atoms with Crippen LogP contribution in [0.15, 0.2) is 48.2 Å². The van der Waals surface area contributed by atoms with Crippen molar-refractivity contribution in [3.05, 3.63) is 64.9 Å². The minimum Gasteiger partial charge on any atom is -0.491 e. The zero-order valence-corrected chi connectivity index (χ0v) is 25.6. The Morgan fingerprint density at radius 1 is 1.07 bits per heavy atom. The van der Waals surface area contributed by atoms with Gasteiger partial charge in [-0.25, -0.2) is 9.59 Å². The molecule has 2 N–H and O–H groups in total. The van der Waals surface area contributed by atoms with Crippen molar-refractivity contribution >= 4 is 30.0 Å². The van der Waals surface area contributed by atoms with Crippen molar-refractivity contribution in [2.24, 2.45) is 0 Å². The molecule has 3 amide bonds. The summed E-state index contributed by atoms with van der Waals surface area (Å²) in [5.74, 6) is -0.605. The number of nitrogens with zero attached hydrogens (tertiary/aromatic N) is 2. The summed E-state index contributed by atoms with van der Waals surface area (Å²) >= 11 is 0. The number of ether oxygens (including phenoxy) is 4. The third kappa shape index (κ3) is 10.3. The summed E-state index contributed by atoms with van der Waals surface area (Å²) < 4.78 is 22.0. The summed E-state index contributed by atoms with van der Waals surface area (Å²) in [5.41, 5.74) is 0.558. The van der Waals surface area contributed by atoms with E-state index in [0.717, 1.165) is 0 Å². The molecule has 2 aromatic rings. The summed E-state index contributed by atoms with van der Waals surface area (Å²) in [7, 11) is 1.19. The highest BCUT2D eigenvalue weighted by atomic mass is 16.6. The van der Waals surface area contributed by atoms with Crippen molar-refractivity contribution in [2.75, 3.05) is 33.4 Å². The molecule has 1 fully saturated rings. The molecule has 234 valence electrons. The van der Waals surface area contributed by atoms with Gasteiger partial charge in [-0.1, -0.05) is 0 Å². The van der Waals surface area contributed by atoms with Crippen LogP contribution in [0.5, 0.6) is 11.5 Å². The van der Waals surface area contributed by atoms with E-state index in [2.05, 4.69) is 10.6 Å². The number of carbonyl (C=O) groups is 4. The van der Waals surface area contributed by atoms with Crippen molar-refractivity contribution in [3.8, 4) is 17.6 Å². The Bertz CT molecular complexity index is 1420. The topological polar surface area (TPSA) is 156 Å². The molecule has 0 aliphatic carbocycles. The van der Waals surface area contributed by atoms with Crippen LogP contribution in [0, 0.1) is 11.3 Å². The van der Waals surface area contributed by atoms with Crippen molar-refractivity contribution in [2.45, 2.75) is 52.2 Å². The number of esters is 1.